The van der Waals surface area contributed by atoms with Gasteiger partial charge in [-0.3, -0.25) is 4.79 Å². The van der Waals surface area contributed by atoms with Crippen LogP contribution in [0, 0.1) is 6.92 Å². The van der Waals surface area contributed by atoms with Gasteiger partial charge in [0.25, 0.3) is 5.91 Å². The van der Waals surface area contributed by atoms with Gasteiger partial charge in [-0.2, -0.15) is 0 Å². The third-order valence-corrected chi connectivity index (χ3v) is 4.84. The highest BCUT2D eigenvalue weighted by Crippen LogP contribution is 2.25. The Morgan fingerprint density at radius 2 is 1.63 bits per heavy atom. The minimum Gasteiger partial charge on any atom is -0.481 e. The maximum atomic E-state index is 12.6. The van der Waals surface area contributed by atoms with E-state index in [1.807, 2.05) is 68.4 Å². The lowest BCUT2D eigenvalue weighted by Crippen LogP contribution is -2.32. The van der Waals surface area contributed by atoms with Gasteiger partial charge < -0.3 is 10.1 Å². The van der Waals surface area contributed by atoms with Crippen LogP contribution >= 0.6 is 11.6 Å². The van der Waals surface area contributed by atoms with Crippen molar-refractivity contribution in [2.24, 2.45) is 0 Å². The van der Waals surface area contributed by atoms with E-state index in [9.17, 15) is 4.79 Å². The molecule has 0 aliphatic heterocycles. The van der Waals surface area contributed by atoms with Crippen molar-refractivity contribution >= 4 is 23.2 Å². The van der Waals surface area contributed by atoms with Gasteiger partial charge in [0.15, 0.2) is 6.10 Å². The minimum absolute atomic E-state index is 0.185. The Morgan fingerprint density at radius 3 is 2.30 bits per heavy atom. The van der Waals surface area contributed by atoms with Crippen LogP contribution in [-0.4, -0.2) is 12.0 Å². The summed E-state index contributed by atoms with van der Waals surface area (Å²) in [6.07, 6.45) is -0.0164. The number of nitrogens with one attached hydrogen (secondary N) is 1. The summed E-state index contributed by atoms with van der Waals surface area (Å²) in [4.78, 5) is 12.6. The third-order valence-electron chi connectivity index (χ3n) is 4.43. The van der Waals surface area contributed by atoms with E-state index in [4.69, 9.17) is 16.3 Å². The molecule has 3 rings (SSSR count). The predicted molar refractivity (Wildman–Crippen MR) is 111 cm³/mol. The largest absolute Gasteiger partial charge is 0.481 e. The monoisotopic (exact) mass is 379 g/mol. The molecule has 1 unspecified atom stereocenters. The molecular weight excluding hydrogens is 358 g/mol. The molecule has 0 fully saturated rings. The number of benzene rings is 3. The summed E-state index contributed by atoms with van der Waals surface area (Å²) in [7, 11) is 0. The topological polar surface area (TPSA) is 38.3 Å². The molecule has 27 heavy (non-hydrogen) atoms. The molecule has 3 nitrogen and oxygen atoms in total. The molecule has 0 radical (unpaired) electrons. The predicted octanol–water partition coefficient (Wildman–Crippen LogP) is 6.11. The molecule has 0 saturated carbocycles. The molecule has 0 heterocycles. The van der Waals surface area contributed by atoms with E-state index in [0.29, 0.717) is 22.9 Å². The first-order chi connectivity index (χ1) is 13.1. The zero-order valence-corrected chi connectivity index (χ0v) is 16.2. The average molecular weight is 380 g/mol. The van der Waals surface area contributed by atoms with Gasteiger partial charge in [-0.05, 0) is 54.3 Å². The Labute approximate surface area is 164 Å². The van der Waals surface area contributed by atoms with Crippen molar-refractivity contribution in [3.8, 4) is 16.9 Å². The highest BCUT2D eigenvalue weighted by Gasteiger charge is 2.19. The summed E-state index contributed by atoms with van der Waals surface area (Å²) in [6, 6.07) is 23.4. The van der Waals surface area contributed by atoms with Gasteiger partial charge in [-0.25, -0.2) is 0 Å². The van der Waals surface area contributed by atoms with E-state index in [-0.39, 0.29) is 5.91 Å². The van der Waals surface area contributed by atoms with Gasteiger partial charge in [-0.15, -0.1) is 0 Å². The zero-order chi connectivity index (χ0) is 19.2. The van der Waals surface area contributed by atoms with Crippen LogP contribution in [0.4, 0.5) is 5.69 Å². The molecule has 0 bridgehead atoms. The first kappa shape index (κ1) is 19.0. The third kappa shape index (κ3) is 4.69. The summed E-state index contributed by atoms with van der Waals surface area (Å²) in [6.45, 7) is 3.80. The summed E-state index contributed by atoms with van der Waals surface area (Å²) < 4.78 is 5.91. The second-order valence-electron chi connectivity index (χ2n) is 6.31. The van der Waals surface area contributed by atoms with Crippen molar-refractivity contribution < 1.29 is 9.53 Å². The number of carbonyl (C=O) groups is 1. The first-order valence-corrected chi connectivity index (χ1v) is 9.34. The molecule has 1 atom stereocenters. The van der Waals surface area contributed by atoms with E-state index in [1.165, 1.54) is 0 Å². The Kier molecular flexibility index (Phi) is 6.15. The molecule has 138 valence electrons. The van der Waals surface area contributed by atoms with Crippen molar-refractivity contribution in [2.45, 2.75) is 26.4 Å². The second-order valence-corrected chi connectivity index (χ2v) is 6.71. The molecule has 1 N–H and O–H groups in total. The van der Waals surface area contributed by atoms with E-state index < -0.39 is 6.10 Å². The Morgan fingerprint density at radius 1 is 0.963 bits per heavy atom. The lowest BCUT2D eigenvalue weighted by Gasteiger charge is -2.18. The van der Waals surface area contributed by atoms with Gasteiger partial charge in [0, 0.05) is 10.7 Å². The fourth-order valence-corrected chi connectivity index (χ4v) is 2.97. The normalized spacial score (nSPS) is 11.7. The molecule has 0 spiro atoms. The van der Waals surface area contributed by atoms with Crippen LogP contribution in [0.25, 0.3) is 11.1 Å². The molecule has 1 amide bonds. The van der Waals surface area contributed by atoms with Crippen LogP contribution < -0.4 is 10.1 Å². The van der Waals surface area contributed by atoms with E-state index >= 15 is 0 Å². The van der Waals surface area contributed by atoms with Crippen molar-refractivity contribution in [1.82, 2.24) is 0 Å². The molecule has 0 saturated heterocycles. The van der Waals surface area contributed by atoms with E-state index in [2.05, 4.69) is 17.4 Å². The summed E-state index contributed by atoms with van der Waals surface area (Å²) in [5.41, 5.74) is 3.80. The van der Waals surface area contributed by atoms with Crippen molar-refractivity contribution in [3.05, 3.63) is 83.4 Å². The minimum atomic E-state index is -0.578. The summed E-state index contributed by atoms with van der Waals surface area (Å²) in [5, 5.41) is 3.53. The van der Waals surface area contributed by atoms with E-state index in [1.54, 1.807) is 6.07 Å². The van der Waals surface area contributed by atoms with Gasteiger partial charge in [0.05, 0.1) is 0 Å². The molecule has 0 aromatic heterocycles. The number of hydrogen-bond donors (Lipinski definition) is 1. The maximum Gasteiger partial charge on any atom is 0.265 e. The first-order valence-electron chi connectivity index (χ1n) is 8.96. The molecular formula is C23H22ClNO2. The second kappa shape index (κ2) is 8.74. The maximum absolute atomic E-state index is 12.6. The highest BCUT2D eigenvalue weighted by atomic mass is 35.5. The fraction of sp³-hybridized carbons (Fsp3) is 0.174. The fourth-order valence-electron chi connectivity index (χ4n) is 2.80. The lowest BCUT2D eigenvalue weighted by atomic mass is 10.1. The van der Waals surface area contributed by atoms with Gasteiger partial charge in [-0.1, -0.05) is 67.1 Å². The summed E-state index contributed by atoms with van der Waals surface area (Å²) in [5.74, 6) is 0.481. The van der Waals surface area contributed by atoms with Crippen LogP contribution in [0.2, 0.25) is 5.02 Å². The van der Waals surface area contributed by atoms with Gasteiger partial charge in [0.1, 0.15) is 5.75 Å². The molecule has 0 aliphatic carbocycles. The molecule has 3 aromatic carbocycles. The number of rotatable bonds is 6. The van der Waals surface area contributed by atoms with Crippen molar-refractivity contribution in [1.29, 1.82) is 0 Å². The molecule has 0 aliphatic rings. The quantitative estimate of drug-likeness (QED) is 0.561. The summed E-state index contributed by atoms with van der Waals surface area (Å²) >= 11 is 6.12. The number of hydrogen-bond acceptors (Lipinski definition) is 2. The smallest absolute Gasteiger partial charge is 0.265 e. The number of amides is 1. The number of halogens is 1. The zero-order valence-electron chi connectivity index (χ0n) is 15.4. The Hall–Kier alpha value is -2.78. The Bertz CT molecular complexity index is 907. The SMILES string of the molecule is CCC(Oc1ccc(-c2ccccc2)cc1)C(=O)Nc1cccc(Cl)c1C. The number of anilines is 1. The van der Waals surface area contributed by atoms with Crippen LogP contribution in [0.1, 0.15) is 18.9 Å². The Balaban J connectivity index is 1.69. The number of carbonyl (C=O) groups excluding carboxylic acids is 1. The molecule has 3 aromatic rings. The van der Waals surface area contributed by atoms with Crippen LogP contribution in [-0.2, 0) is 4.79 Å². The number of ether oxygens (including phenoxy) is 1. The standard InChI is InChI=1S/C23H22ClNO2/c1-3-22(23(26)25-21-11-7-10-20(24)16(21)2)27-19-14-12-18(13-15-19)17-8-5-4-6-9-17/h4-15,22H,3H2,1-2H3,(H,25,26). The van der Waals surface area contributed by atoms with Gasteiger partial charge >= 0.3 is 0 Å². The van der Waals surface area contributed by atoms with Crippen LogP contribution in [0.3, 0.4) is 0 Å². The lowest BCUT2D eigenvalue weighted by molar-refractivity contribution is -0.122. The van der Waals surface area contributed by atoms with E-state index in [0.717, 1.165) is 16.7 Å². The highest BCUT2D eigenvalue weighted by molar-refractivity contribution is 6.31. The molecule has 4 heteroatoms. The van der Waals surface area contributed by atoms with Crippen molar-refractivity contribution in [2.75, 3.05) is 5.32 Å². The van der Waals surface area contributed by atoms with Gasteiger partial charge in [0.2, 0.25) is 0 Å². The average Bonchev–Trinajstić information content (AvgIpc) is 2.70. The van der Waals surface area contributed by atoms with Crippen LogP contribution in [0.5, 0.6) is 5.75 Å². The van der Waals surface area contributed by atoms with Crippen LogP contribution in [0.15, 0.2) is 72.8 Å². The van der Waals surface area contributed by atoms with Crippen molar-refractivity contribution in [3.63, 3.8) is 0 Å².